The molecule has 0 aromatic rings. The van der Waals surface area contributed by atoms with Crippen molar-refractivity contribution in [3.8, 4) is 0 Å². The van der Waals surface area contributed by atoms with Gasteiger partial charge in [-0.3, -0.25) is 0 Å². The van der Waals surface area contributed by atoms with Gasteiger partial charge in [-0.2, -0.15) is 176 Å². The summed E-state index contributed by atoms with van der Waals surface area (Å²) in [7, 11) is -19.8. The molecule has 0 amide bonds. The predicted octanol–water partition coefficient (Wildman–Crippen LogP) is 17.6. The van der Waals surface area contributed by atoms with Crippen LogP contribution >= 0.6 is 31.7 Å². The molecular weight excluding hydrogens is 1320 g/mol. The number of alkyl halides is 40. The Morgan fingerprint density at radius 2 is 0.200 bits per heavy atom. The van der Waals surface area contributed by atoms with Gasteiger partial charge in [0, 0.05) is 21.1 Å². The van der Waals surface area contributed by atoms with Crippen LogP contribution in [0.4, 0.5) is 176 Å². The third kappa shape index (κ3) is 16.9. The van der Waals surface area contributed by atoms with E-state index in [2.05, 4.69) is 0 Å². The monoisotopic (exact) mass is 1330 g/mol. The first-order valence-corrected chi connectivity index (χ1v) is 20.3. The van der Waals surface area contributed by atoms with Crippen LogP contribution in [-0.2, 0) is 21.1 Å². The van der Waals surface area contributed by atoms with Gasteiger partial charge in [0.25, 0.3) is 0 Å². The van der Waals surface area contributed by atoms with Crippen molar-refractivity contribution in [2.45, 2.75) is 94.7 Å². The van der Waals surface area contributed by atoms with Crippen molar-refractivity contribution in [1.82, 2.24) is 0 Å². The van der Waals surface area contributed by atoms with E-state index in [4.69, 9.17) is 0 Å². The molecule has 0 unspecified atom stereocenters. The van der Waals surface area contributed by atoms with E-state index in [9.17, 15) is 176 Å². The Labute approximate surface area is 350 Å². The van der Waals surface area contributed by atoms with Crippen molar-refractivity contribution in [2.75, 3.05) is 26.7 Å². The van der Waals surface area contributed by atoms with Gasteiger partial charge in [0.15, 0.2) is 0 Å². The summed E-state index contributed by atoms with van der Waals surface area (Å²) in [5.74, 6) is 0. The SMILES string of the molecule is CP(C(F)(F)C(F)(F)F)C(F)(F)C(F)(F)F.CP(C(F)(F)C(F)(F)F)C(F)(F)C(F)(F)F.CP(C(F)(F)C(F)(F)F)C(F)(F)C(F)(F)F.CP(C(F)(F)C(F)(F)F)C(F)(F)C(F)(F)F.[Pt]. The first-order chi connectivity index (χ1) is 26.6. The van der Waals surface area contributed by atoms with Gasteiger partial charge >= 0.3 is 94.7 Å². The Bertz CT molecular complexity index is 1120. The van der Waals surface area contributed by atoms with Gasteiger partial charge < -0.3 is 0 Å². The minimum absolute atomic E-state index is 0. The fraction of sp³-hybridized carbons (Fsp3) is 1.00. The van der Waals surface area contributed by atoms with Gasteiger partial charge in [-0.1, -0.05) is 0 Å². The van der Waals surface area contributed by atoms with E-state index in [0.29, 0.717) is 0 Å². The van der Waals surface area contributed by atoms with Crippen LogP contribution in [0.15, 0.2) is 0 Å². The maximum atomic E-state index is 12.3. The van der Waals surface area contributed by atoms with Gasteiger partial charge in [-0.05, 0) is 26.7 Å². The van der Waals surface area contributed by atoms with Crippen LogP contribution in [0.25, 0.3) is 0 Å². The molecule has 0 bridgehead atoms. The summed E-state index contributed by atoms with van der Waals surface area (Å²) in [6.07, 6.45) is -51.5. The molecule has 0 nitrogen and oxygen atoms in total. The molecule has 0 saturated carbocycles. The molecule has 0 radical (unpaired) electrons. The van der Waals surface area contributed by atoms with Gasteiger partial charge in [-0.25, -0.2) is 0 Å². The van der Waals surface area contributed by atoms with E-state index in [1.165, 1.54) is 0 Å². The molecule has 0 atom stereocenters. The maximum Gasteiger partial charge on any atom is 0.457 e. The van der Waals surface area contributed by atoms with E-state index < -0.39 is 153 Å². The molecule has 0 aromatic carbocycles. The number of hydrogen-bond acceptors (Lipinski definition) is 0. The van der Waals surface area contributed by atoms with Gasteiger partial charge in [-0.15, -0.1) is 0 Å². The normalized spacial score (nSPS) is 15.5. The summed E-state index contributed by atoms with van der Waals surface area (Å²) in [5.41, 5.74) is -48.5. The standard InChI is InChI=1S/4C5H3F10P.Pt/c4*1-16(4(12,13)2(6,7)8)5(14,15)3(9,10)11;/h4*1H3;. The van der Waals surface area contributed by atoms with Crippen molar-refractivity contribution in [3.05, 3.63) is 0 Å². The maximum absolute atomic E-state index is 12.3. The van der Waals surface area contributed by atoms with Gasteiger partial charge in [0.1, 0.15) is 0 Å². The molecule has 0 rings (SSSR count). The second-order valence-electron chi connectivity index (χ2n) is 10.5. The van der Waals surface area contributed by atoms with E-state index in [1.54, 1.807) is 0 Å². The Morgan fingerprint density at radius 3 is 0.231 bits per heavy atom. The molecule has 0 aromatic heterocycles. The Kier molecular flexibility index (Phi) is 24.4. The fourth-order valence-corrected chi connectivity index (χ4v) is 6.68. The molecule has 0 N–H and O–H groups in total. The van der Waals surface area contributed by atoms with Crippen LogP contribution in [0, 0.1) is 0 Å². The molecule has 0 aliphatic carbocycles. The topological polar surface area (TPSA) is 0 Å². The number of hydrogen-bond donors (Lipinski definition) is 0. The summed E-state index contributed by atoms with van der Waals surface area (Å²) in [6.45, 7) is -1.79. The molecule has 0 fully saturated rings. The number of rotatable bonds is 8. The summed E-state index contributed by atoms with van der Waals surface area (Å²) < 4.78 is 474. The summed E-state index contributed by atoms with van der Waals surface area (Å²) >= 11 is 0. The van der Waals surface area contributed by atoms with Crippen LogP contribution in [-0.4, -0.2) is 121 Å². The fourth-order valence-electron chi connectivity index (χ4n) is 2.23. The molecule has 0 aliphatic rings. The van der Waals surface area contributed by atoms with Gasteiger partial charge in [0.05, 0.1) is 31.7 Å². The molecule has 0 heterocycles. The smallest absolute Gasteiger partial charge is 0.191 e. The third-order valence-electron chi connectivity index (χ3n) is 6.10. The van der Waals surface area contributed by atoms with Crippen molar-refractivity contribution in [2.24, 2.45) is 0 Å². The van der Waals surface area contributed by atoms with Crippen LogP contribution in [0.5, 0.6) is 0 Å². The zero-order valence-corrected chi connectivity index (χ0v) is 35.1. The van der Waals surface area contributed by atoms with E-state index in [0.717, 1.165) is 0 Å². The van der Waals surface area contributed by atoms with Crippen LogP contribution in [0.3, 0.4) is 0 Å². The molecule has 45 heteroatoms. The summed E-state index contributed by atoms with van der Waals surface area (Å²) in [6, 6.07) is 0. The molecular formula is C20H12F40P4Pt. The van der Waals surface area contributed by atoms with E-state index in [-0.39, 0.29) is 21.1 Å². The second-order valence-corrected chi connectivity index (χ2v) is 19.5. The molecule has 0 spiro atoms. The zero-order chi connectivity index (χ0) is 54.3. The molecule has 65 heavy (non-hydrogen) atoms. The van der Waals surface area contributed by atoms with E-state index >= 15 is 0 Å². The number of halogens is 40. The Morgan fingerprint density at radius 1 is 0.154 bits per heavy atom. The van der Waals surface area contributed by atoms with Gasteiger partial charge in [0.2, 0.25) is 0 Å². The third-order valence-corrected chi connectivity index (χ3v) is 14.9. The quantitative estimate of drug-likeness (QED) is 0.168. The second kappa shape index (κ2) is 21.5. The van der Waals surface area contributed by atoms with Crippen molar-refractivity contribution in [1.29, 1.82) is 0 Å². The van der Waals surface area contributed by atoms with Crippen molar-refractivity contribution < 1.29 is 197 Å². The van der Waals surface area contributed by atoms with Crippen LogP contribution < -0.4 is 0 Å². The summed E-state index contributed by atoms with van der Waals surface area (Å²) in [5, 5.41) is 0. The van der Waals surface area contributed by atoms with Crippen LogP contribution in [0.2, 0.25) is 0 Å². The summed E-state index contributed by atoms with van der Waals surface area (Å²) in [4.78, 5) is 0. The first-order valence-electron chi connectivity index (χ1n) is 13.1. The average Bonchev–Trinajstić information content (AvgIpc) is 2.99. The minimum Gasteiger partial charge on any atom is -0.191 e. The Balaban J connectivity index is -0.000000245. The van der Waals surface area contributed by atoms with E-state index in [1.807, 2.05) is 0 Å². The molecule has 402 valence electrons. The van der Waals surface area contributed by atoms with Crippen molar-refractivity contribution in [3.63, 3.8) is 0 Å². The largest absolute Gasteiger partial charge is 0.457 e. The molecule has 0 saturated heterocycles. The minimum atomic E-state index is -6.44. The Hall–Kier alpha value is -0.392. The molecule has 0 aliphatic heterocycles. The van der Waals surface area contributed by atoms with Crippen LogP contribution in [0.1, 0.15) is 0 Å². The first kappa shape index (κ1) is 73.6. The predicted molar refractivity (Wildman–Crippen MR) is 139 cm³/mol. The average molecular weight is 1330 g/mol. The zero-order valence-electron chi connectivity index (χ0n) is 29.2. The van der Waals surface area contributed by atoms with Crippen molar-refractivity contribution >= 4 is 31.7 Å².